The molecule has 2 rings (SSSR count). The fourth-order valence-corrected chi connectivity index (χ4v) is 3.45. The molecule has 0 aliphatic carbocycles. The van der Waals surface area contributed by atoms with Gasteiger partial charge in [0.25, 0.3) is 5.91 Å². The van der Waals surface area contributed by atoms with Gasteiger partial charge >= 0.3 is 6.03 Å². The number of halogens is 1. The van der Waals surface area contributed by atoms with Gasteiger partial charge in [0.05, 0.1) is 8.66 Å². The smallest absolute Gasteiger partial charge is 0.317 e. The number of nitrogens with one attached hydrogen (secondary N) is 1. The largest absolute Gasteiger partial charge is 0.334 e. The van der Waals surface area contributed by atoms with Crippen molar-refractivity contribution in [2.75, 3.05) is 26.2 Å². The van der Waals surface area contributed by atoms with Crippen LogP contribution in [0.25, 0.3) is 0 Å². The lowest BCUT2D eigenvalue weighted by atomic mass is 10.1. The second-order valence-electron chi connectivity index (χ2n) is 6.06. The Kier molecular flexibility index (Phi) is 4.93. The molecule has 2 heterocycles. The zero-order chi connectivity index (χ0) is 15.6. The first kappa shape index (κ1) is 16.3. The third-order valence-electron chi connectivity index (χ3n) is 3.12. The van der Waals surface area contributed by atoms with Crippen LogP contribution in [0.3, 0.4) is 0 Å². The molecule has 21 heavy (non-hydrogen) atoms. The normalized spacial score (nSPS) is 16.0. The number of nitrogens with zero attached hydrogens (tertiary/aromatic N) is 2. The first-order valence-corrected chi connectivity index (χ1v) is 8.49. The third kappa shape index (κ3) is 4.44. The third-order valence-corrected chi connectivity index (χ3v) is 4.73. The lowest BCUT2D eigenvalue weighted by molar-refractivity contribution is 0.0666. The number of thiophene rings is 1. The van der Waals surface area contributed by atoms with E-state index in [0.29, 0.717) is 26.2 Å². The van der Waals surface area contributed by atoms with Crippen LogP contribution in [-0.2, 0) is 0 Å². The van der Waals surface area contributed by atoms with Crippen LogP contribution < -0.4 is 5.32 Å². The summed E-state index contributed by atoms with van der Waals surface area (Å²) >= 11 is 4.80. The van der Waals surface area contributed by atoms with Crippen molar-refractivity contribution < 1.29 is 9.59 Å². The van der Waals surface area contributed by atoms with Crippen LogP contribution in [0.15, 0.2) is 15.9 Å². The van der Waals surface area contributed by atoms with Gasteiger partial charge in [-0.3, -0.25) is 4.79 Å². The number of hydrogen-bond donors (Lipinski definition) is 1. The molecular formula is C14H20BrN3O2S. The van der Waals surface area contributed by atoms with E-state index < -0.39 is 0 Å². The molecule has 1 aromatic rings. The van der Waals surface area contributed by atoms with Crippen LogP contribution in [-0.4, -0.2) is 53.5 Å². The van der Waals surface area contributed by atoms with Gasteiger partial charge in [-0.15, -0.1) is 11.3 Å². The van der Waals surface area contributed by atoms with Crippen molar-refractivity contribution in [1.29, 1.82) is 0 Å². The molecule has 0 aromatic carbocycles. The minimum absolute atomic E-state index is 0.0431. The number of carbonyl (C=O) groups excluding carboxylic acids is 2. The Bertz CT molecular complexity index is 531. The maximum absolute atomic E-state index is 12.3. The van der Waals surface area contributed by atoms with Crippen molar-refractivity contribution in [1.82, 2.24) is 15.1 Å². The first-order chi connectivity index (χ1) is 9.76. The van der Waals surface area contributed by atoms with E-state index in [1.807, 2.05) is 32.9 Å². The van der Waals surface area contributed by atoms with Gasteiger partial charge in [0, 0.05) is 31.7 Å². The molecule has 116 valence electrons. The molecule has 1 aliphatic rings. The summed E-state index contributed by atoms with van der Waals surface area (Å²) < 4.78 is 0.953. The highest BCUT2D eigenvalue weighted by Gasteiger charge is 2.27. The van der Waals surface area contributed by atoms with Crippen LogP contribution in [0, 0.1) is 0 Å². The molecule has 0 radical (unpaired) electrons. The summed E-state index contributed by atoms with van der Waals surface area (Å²) in [5.41, 5.74) is -0.243. The maximum atomic E-state index is 12.3. The summed E-state index contributed by atoms with van der Waals surface area (Å²) in [6.07, 6.45) is 0. The molecule has 3 amide bonds. The maximum Gasteiger partial charge on any atom is 0.317 e. The van der Waals surface area contributed by atoms with Gasteiger partial charge in [-0.25, -0.2) is 4.79 Å². The fourth-order valence-electron chi connectivity index (χ4n) is 2.10. The number of hydrogen-bond acceptors (Lipinski definition) is 3. The number of piperazine rings is 1. The highest BCUT2D eigenvalue weighted by molar-refractivity contribution is 9.11. The van der Waals surface area contributed by atoms with Crippen LogP contribution in [0.2, 0.25) is 0 Å². The molecule has 0 unspecified atom stereocenters. The fraction of sp³-hybridized carbons (Fsp3) is 0.571. The highest BCUT2D eigenvalue weighted by atomic mass is 79.9. The Balaban J connectivity index is 1.88. The van der Waals surface area contributed by atoms with Crippen LogP contribution >= 0.6 is 27.3 Å². The van der Waals surface area contributed by atoms with Crippen LogP contribution in [0.1, 0.15) is 30.4 Å². The first-order valence-electron chi connectivity index (χ1n) is 6.88. The Hall–Kier alpha value is -1.08. The highest BCUT2D eigenvalue weighted by Crippen LogP contribution is 2.23. The number of rotatable bonds is 1. The van der Waals surface area contributed by atoms with Gasteiger partial charge in [0.2, 0.25) is 0 Å². The summed E-state index contributed by atoms with van der Waals surface area (Å²) in [5.74, 6) is 0.0431. The van der Waals surface area contributed by atoms with Gasteiger partial charge in [0.15, 0.2) is 0 Å². The molecule has 0 spiro atoms. The van der Waals surface area contributed by atoms with Gasteiger partial charge in [-0.05, 0) is 48.8 Å². The van der Waals surface area contributed by atoms with E-state index in [1.54, 1.807) is 9.80 Å². The van der Waals surface area contributed by atoms with Crippen molar-refractivity contribution in [2.24, 2.45) is 0 Å². The number of amides is 3. The summed E-state index contributed by atoms with van der Waals surface area (Å²) in [5, 5.41) is 2.95. The molecule has 1 fully saturated rings. The van der Waals surface area contributed by atoms with Gasteiger partial charge < -0.3 is 15.1 Å². The van der Waals surface area contributed by atoms with E-state index in [-0.39, 0.29) is 17.5 Å². The minimum atomic E-state index is -0.243. The average molecular weight is 374 g/mol. The molecule has 0 bridgehead atoms. The van der Waals surface area contributed by atoms with Gasteiger partial charge in [0.1, 0.15) is 0 Å². The summed E-state index contributed by atoms with van der Waals surface area (Å²) in [6.45, 7) is 8.16. The Morgan fingerprint density at radius 1 is 1.14 bits per heavy atom. The molecule has 7 heteroatoms. The minimum Gasteiger partial charge on any atom is -0.334 e. The zero-order valence-electron chi connectivity index (χ0n) is 12.5. The molecule has 0 saturated carbocycles. The van der Waals surface area contributed by atoms with Crippen molar-refractivity contribution in [3.05, 3.63) is 20.8 Å². The molecule has 5 nitrogen and oxygen atoms in total. The van der Waals surface area contributed by atoms with E-state index in [1.165, 1.54) is 11.3 Å². The van der Waals surface area contributed by atoms with Crippen molar-refractivity contribution in [2.45, 2.75) is 26.3 Å². The molecule has 1 N–H and O–H groups in total. The predicted molar refractivity (Wildman–Crippen MR) is 87.8 cm³/mol. The lowest BCUT2D eigenvalue weighted by Crippen LogP contribution is -2.55. The second-order valence-corrected chi connectivity index (χ2v) is 8.53. The number of urea groups is 1. The van der Waals surface area contributed by atoms with Gasteiger partial charge in [-0.2, -0.15) is 0 Å². The Morgan fingerprint density at radius 3 is 2.19 bits per heavy atom. The van der Waals surface area contributed by atoms with Crippen molar-refractivity contribution >= 4 is 39.2 Å². The van der Waals surface area contributed by atoms with E-state index >= 15 is 0 Å². The lowest BCUT2D eigenvalue weighted by Gasteiger charge is -2.36. The van der Waals surface area contributed by atoms with Crippen molar-refractivity contribution in [3.8, 4) is 0 Å². The topological polar surface area (TPSA) is 52.7 Å². The molecule has 0 atom stereocenters. The van der Waals surface area contributed by atoms with Crippen LogP contribution in [0.5, 0.6) is 0 Å². The average Bonchev–Trinajstić information content (AvgIpc) is 2.83. The van der Waals surface area contributed by atoms with Crippen LogP contribution in [0.4, 0.5) is 4.79 Å². The molecule has 1 saturated heterocycles. The van der Waals surface area contributed by atoms with Crippen molar-refractivity contribution in [3.63, 3.8) is 0 Å². The number of carbonyl (C=O) groups is 2. The molecular weight excluding hydrogens is 354 g/mol. The predicted octanol–water partition coefficient (Wildman–Crippen LogP) is 2.78. The Morgan fingerprint density at radius 2 is 1.71 bits per heavy atom. The Labute approximate surface area is 137 Å². The summed E-state index contributed by atoms with van der Waals surface area (Å²) in [6, 6.07) is 3.65. The SMILES string of the molecule is CC(C)(C)NC(=O)N1CCN(C(=O)c2ccc(Br)s2)CC1. The molecule has 1 aliphatic heterocycles. The van der Waals surface area contributed by atoms with E-state index in [0.717, 1.165) is 8.66 Å². The standard InChI is InChI=1S/C14H20BrN3O2S/c1-14(2,3)16-13(20)18-8-6-17(7-9-18)12(19)10-4-5-11(15)21-10/h4-5H,6-9H2,1-3H3,(H,16,20). The van der Waals surface area contributed by atoms with E-state index in [4.69, 9.17) is 0 Å². The monoisotopic (exact) mass is 373 g/mol. The zero-order valence-corrected chi connectivity index (χ0v) is 14.9. The van der Waals surface area contributed by atoms with Gasteiger partial charge in [-0.1, -0.05) is 0 Å². The second kappa shape index (κ2) is 6.36. The van der Waals surface area contributed by atoms with E-state index in [2.05, 4.69) is 21.2 Å². The summed E-state index contributed by atoms with van der Waals surface area (Å²) in [7, 11) is 0. The van der Waals surface area contributed by atoms with E-state index in [9.17, 15) is 9.59 Å². The summed E-state index contributed by atoms with van der Waals surface area (Å²) in [4.78, 5) is 28.7. The molecule has 1 aromatic heterocycles. The quantitative estimate of drug-likeness (QED) is 0.822.